The van der Waals surface area contributed by atoms with Crippen LogP contribution in [0.2, 0.25) is 0 Å². The average Bonchev–Trinajstić information content (AvgIpc) is 2.84. The Morgan fingerprint density at radius 1 is 1.30 bits per heavy atom. The average molecular weight is 288 g/mol. The summed E-state index contributed by atoms with van der Waals surface area (Å²) in [6, 6.07) is 8.85. The molecule has 104 valence electrons. The first-order valence-electron chi connectivity index (χ1n) is 6.23. The molecule has 0 aliphatic rings. The molecule has 1 amide bonds. The van der Waals surface area contributed by atoms with Crippen LogP contribution in [0.1, 0.15) is 21.6 Å². The number of aryl methyl sites for hydroxylation is 1. The number of carbonyl (C=O) groups is 1. The molecule has 1 aromatic heterocycles. The van der Waals surface area contributed by atoms with E-state index in [0.29, 0.717) is 23.5 Å². The molecule has 0 atom stereocenters. The third-order valence-electron chi connectivity index (χ3n) is 2.87. The first-order chi connectivity index (χ1) is 9.56. The first-order valence-corrected chi connectivity index (χ1v) is 6.63. The van der Waals surface area contributed by atoms with Gasteiger partial charge in [0.1, 0.15) is 4.99 Å². The highest BCUT2D eigenvalue weighted by molar-refractivity contribution is 7.80. The van der Waals surface area contributed by atoms with Gasteiger partial charge in [0.2, 0.25) is 0 Å². The van der Waals surface area contributed by atoms with Crippen LogP contribution in [0.4, 0.5) is 0 Å². The Bertz CT molecular complexity index is 618. The molecule has 0 fully saturated rings. The number of rotatable bonds is 5. The van der Waals surface area contributed by atoms with Gasteiger partial charge in [0.05, 0.1) is 5.69 Å². The Morgan fingerprint density at radius 3 is 2.50 bits per heavy atom. The predicted octanol–water partition coefficient (Wildman–Crippen LogP) is 1.03. The van der Waals surface area contributed by atoms with Crippen molar-refractivity contribution < 1.29 is 4.79 Å². The highest BCUT2D eigenvalue weighted by Gasteiger charge is 2.06. The molecule has 0 bridgehead atoms. The van der Waals surface area contributed by atoms with Crippen molar-refractivity contribution in [2.24, 2.45) is 12.8 Å². The number of carbonyl (C=O) groups excluding carboxylic acids is 1. The van der Waals surface area contributed by atoms with Crippen molar-refractivity contribution in [2.75, 3.05) is 6.54 Å². The summed E-state index contributed by atoms with van der Waals surface area (Å²) in [5.41, 5.74) is 7.81. The summed E-state index contributed by atoms with van der Waals surface area (Å²) in [7, 11) is 1.87. The van der Waals surface area contributed by atoms with E-state index < -0.39 is 0 Å². The predicted molar refractivity (Wildman–Crippen MR) is 81.6 cm³/mol. The van der Waals surface area contributed by atoms with Crippen LogP contribution in [0.5, 0.6) is 0 Å². The van der Waals surface area contributed by atoms with Crippen LogP contribution in [0.25, 0.3) is 0 Å². The van der Waals surface area contributed by atoms with Crippen molar-refractivity contribution in [3.8, 4) is 0 Å². The molecule has 1 aromatic carbocycles. The normalized spacial score (nSPS) is 10.2. The van der Waals surface area contributed by atoms with Crippen molar-refractivity contribution in [2.45, 2.75) is 6.42 Å². The Morgan fingerprint density at radius 2 is 1.95 bits per heavy atom. The molecule has 0 aliphatic carbocycles. The van der Waals surface area contributed by atoms with Gasteiger partial charge in [-0.05, 0) is 18.2 Å². The zero-order valence-corrected chi connectivity index (χ0v) is 12.0. The molecule has 6 heteroatoms. The minimum atomic E-state index is -0.115. The third-order valence-corrected chi connectivity index (χ3v) is 3.10. The second-order valence-electron chi connectivity index (χ2n) is 4.43. The van der Waals surface area contributed by atoms with Crippen LogP contribution in [0.15, 0.2) is 36.5 Å². The lowest BCUT2D eigenvalue weighted by molar-refractivity contribution is 0.0954. The second kappa shape index (κ2) is 6.29. The van der Waals surface area contributed by atoms with Crippen LogP contribution < -0.4 is 11.1 Å². The quantitative estimate of drug-likeness (QED) is 0.806. The van der Waals surface area contributed by atoms with Gasteiger partial charge in [-0.3, -0.25) is 9.48 Å². The maximum Gasteiger partial charge on any atom is 0.251 e. The summed E-state index contributed by atoms with van der Waals surface area (Å²) in [5.74, 6) is -0.115. The molecule has 5 nitrogen and oxygen atoms in total. The van der Waals surface area contributed by atoms with E-state index in [4.69, 9.17) is 18.0 Å². The van der Waals surface area contributed by atoms with Crippen molar-refractivity contribution >= 4 is 23.1 Å². The zero-order valence-electron chi connectivity index (χ0n) is 11.2. The maximum absolute atomic E-state index is 11.9. The van der Waals surface area contributed by atoms with Crippen molar-refractivity contribution in [3.05, 3.63) is 53.3 Å². The van der Waals surface area contributed by atoms with E-state index in [1.807, 2.05) is 19.3 Å². The minimum Gasteiger partial charge on any atom is -0.389 e. The molecular weight excluding hydrogens is 272 g/mol. The molecule has 3 N–H and O–H groups in total. The number of benzene rings is 1. The molecule has 0 saturated heterocycles. The van der Waals surface area contributed by atoms with E-state index in [2.05, 4.69) is 10.4 Å². The topological polar surface area (TPSA) is 72.9 Å². The number of thiocarbonyl (C=S) groups is 1. The number of nitrogens with zero attached hydrogens (tertiary/aromatic N) is 2. The molecule has 0 saturated carbocycles. The molecule has 0 unspecified atom stereocenters. The number of nitrogens with one attached hydrogen (secondary N) is 1. The van der Waals surface area contributed by atoms with E-state index in [0.717, 1.165) is 11.3 Å². The maximum atomic E-state index is 11.9. The van der Waals surface area contributed by atoms with Gasteiger partial charge < -0.3 is 11.1 Å². The number of nitrogens with two attached hydrogens (primary N) is 1. The molecule has 0 aliphatic heterocycles. The standard InChI is InChI=1S/C14H16N4OS/c1-18-9-7-12(17-18)6-8-16-14(19)11-4-2-10(3-5-11)13(15)20/h2-5,7,9H,6,8H2,1H3,(H2,15,20)(H,16,19). The van der Waals surface area contributed by atoms with Crippen LogP contribution >= 0.6 is 12.2 Å². The smallest absolute Gasteiger partial charge is 0.251 e. The highest BCUT2D eigenvalue weighted by atomic mass is 32.1. The van der Waals surface area contributed by atoms with Gasteiger partial charge in [0.25, 0.3) is 5.91 Å². The fraction of sp³-hybridized carbons (Fsp3) is 0.214. The molecule has 0 spiro atoms. The first kappa shape index (κ1) is 14.2. The Labute approximate surface area is 122 Å². The van der Waals surface area contributed by atoms with Crippen LogP contribution in [-0.4, -0.2) is 27.2 Å². The number of aromatic nitrogens is 2. The Kier molecular flexibility index (Phi) is 4.47. The number of hydrogen-bond acceptors (Lipinski definition) is 3. The number of amides is 1. The lowest BCUT2D eigenvalue weighted by atomic mass is 10.1. The van der Waals surface area contributed by atoms with E-state index in [1.54, 1.807) is 28.9 Å². The van der Waals surface area contributed by atoms with E-state index >= 15 is 0 Å². The molecule has 0 radical (unpaired) electrons. The molecule has 2 aromatic rings. The molecule has 2 rings (SSSR count). The molecule has 1 heterocycles. The fourth-order valence-electron chi connectivity index (χ4n) is 1.79. The summed E-state index contributed by atoms with van der Waals surface area (Å²) in [5, 5.41) is 7.10. The fourth-order valence-corrected chi connectivity index (χ4v) is 1.92. The molecular formula is C14H16N4OS. The van der Waals surface area contributed by atoms with Gasteiger partial charge in [-0.1, -0.05) is 24.4 Å². The Balaban J connectivity index is 1.86. The highest BCUT2D eigenvalue weighted by Crippen LogP contribution is 2.04. The second-order valence-corrected chi connectivity index (χ2v) is 4.87. The van der Waals surface area contributed by atoms with E-state index in [-0.39, 0.29) is 5.91 Å². The van der Waals surface area contributed by atoms with E-state index in [1.165, 1.54) is 0 Å². The minimum absolute atomic E-state index is 0.115. The van der Waals surface area contributed by atoms with Crippen molar-refractivity contribution in [1.82, 2.24) is 15.1 Å². The van der Waals surface area contributed by atoms with E-state index in [9.17, 15) is 4.79 Å². The summed E-state index contributed by atoms with van der Waals surface area (Å²) in [6.45, 7) is 0.549. The largest absolute Gasteiger partial charge is 0.389 e. The Hall–Kier alpha value is -2.21. The van der Waals surface area contributed by atoms with Gasteiger partial charge in [0.15, 0.2) is 0 Å². The van der Waals surface area contributed by atoms with Gasteiger partial charge in [-0.25, -0.2) is 0 Å². The lowest BCUT2D eigenvalue weighted by Crippen LogP contribution is -2.25. The summed E-state index contributed by atoms with van der Waals surface area (Å²) in [6.07, 6.45) is 2.59. The third kappa shape index (κ3) is 3.64. The van der Waals surface area contributed by atoms with Crippen molar-refractivity contribution in [3.63, 3.8) is 0 Å². The van der Waals surface area contributed by atoms with Gasteiger partial charge >= 0.3 is 0 Å². The zero-order chi connectivity index (χ0) is 14.5. The summed E-state index contributed by atoms with van der Waals surface area (Å²) in [4.78, 5) is 12.2. The van der Waals surface area contributed by atoms with Crippen LogP contribution in [0, 0.1) is 0 Å². The number of hydrogen-bond donors (Lipinski definition) is 2. The van der Waals surface area contributed by atoms with Crippen LogP contribution in [-0.2, 0) is 13.5 Å². The van der Waals surface area contributed by atoms with Gasteiger partial charge in [-0.2, -0.15) is 5.10 Å². The monoisotopic (exact) mass is 288 g/mol. The van der Waals surface area contributed by atoms with Gasteiger partial charge in [0, 0.05) is 37.3 Å². The van der Waals surface area contributed by atoms with Crippen LogP contribution in [0.3, 0.4) is 0 Å². The van der Waals surface area contributed by atoms with Gasteiger partial charge in [-0.15, -0.1) is 0 Å². The summed E-state index contributed by atoms with van der Waals surface area (Å²) >= 11 is 4.87. The van der Waals surface area contributed by atoms with Crippen molar-refractivity contribution in [1.29, 1.82) is 0 Å². The molecule has 20 heavy (non-hydrogen) atoms. The SMILES string of the molecule is Cn1ccc(CCNC(=O)c2ccc(C(N)=S)cc2)n1. The summed E-state index contributed by atoms with van der Waals surface area (Å²) < 4.78 is 1.74. The lowest BCUT2D eigenvalue weighted by Gasteiger charge is -2.05.